The molecule has 1 atom stereocenters. The zero-order valence-corrected chi connectivity index (χ0v) is 17.8. The minimum Gasteiger partial charge on any atom is -0.461 e. The molecular formula is C21H28FN3O4S. The lowest BCUT2D eigenvalue weighted by atomic mass is 10.1. The van der Waals surface area contributed by atoms with E-state index in [9.17, 15) is 18.9 Å². The van der Waals surface area contributed by atoms with Crippen LogP contribution in [0.25, 0.3) is 0 Å². The molecule has 9 heteroatoms. The molecule has 1 unspecified atom stereocenters. The summed E-state index contributed by atoms with van der Waals surface area (Å²) in [6.45, 7) is 2.80. The molecule has 2 heterocycles. The molecular weight excluding hydrogens is 409 g/mol. The molecule has 1 fully saturated rings. The SMILES string of the molecule is CCOC(=O)c1ncc(Cc2ccc(F)cc2)cc1NCCS1(O)CCCCN1O. The lowest BCUT2D eigenvalue weighted by Crippen LogP contribution is -2.35. The number of rotatable bonds is 8. The summed E-state index contributed by atoms with van der Waals surface area (Å²) in [7, 11) is -2.24. The Kier molecular flexibility index (Phi) is 7.65. The van der Waals surface area contributed by atoms with Gasteiger partial charge < -0.3 is 19.8 Å². The lowest BCUT2D eigenvalue weighted by Gasteiger charge is -2.43. The lowest BCUT2D eigenvalue weighted by molar-refractivity contribution is -0.00380. The van der Waals surface area contributed by atoms with Gasteiger partial charge in [-0.2, -0.15) is 0 Å². The van der Waals surface area contributed by atoms with Gasteiger partial charge in [-0.1, -0.05) is 22.6 Å². The number of carbonyl (C=O) groups is 1. The quantitative estimate of drug-likeness (QED) is 0.536. The molecule has 0 spiro atoms. The zero-order chi connectivity index (χ0) is 21.6. The fourth-order valence-electron chi connectivity index (χ4n) is 3.35. The number of halogens is 1. The third kappa shape index (κ3) is 5.69. The van der Waals surface area contributed by atoms with Crippen LogP contribution in [0.15, 0.2) is 36.5 Å². The standard InChI is InChI=1S/C21H28FN3O4S/c1-2-29-21(26)20-19(23-9-12-30(28)11-4-3-10-25(30)27)14-17(15-24-20)13-16-5-7-18(22)8-6-16/h5-8,14-15,23,27-28H,2-4,9-13H2,1H3. The van der Waals surface area contributed by atoms with Crippen molar-refractivity contribution in [3.05, 3.63) is 59.2 Å². The number of hydrogen-bond acceptors (Lipinski definition) is 7. The van der Waals surface area contributed by atoms with Crippen molar-refractivity contribution in [2.75, 3.05) is 36.5 Å². The minimum absolute atomic E-state index is 0.172. The van der Waals surface area contributed by atoms with Crippen LogP contribution in [0.1, 0.15) is 41.4 Å². The van der Waals surface area contributed by atoms with Crippen molar-refractivity contribution in [1.82, 2.24) is 9.45 Å². The van der Waals surface area contributed by atoms with Crippen molar-refractivity contribution in [3.8, 4) is 0 Å². The smallest absolute Gasteiger partial charge is 0.359 e. The number of carbonyl (C=O) groups excluding carboxylic acids is 1. The number of esters is 1. The molecule has 0 saturated carbocycles. The van der Waals surface area contributed by atoms with Crippen LogP contribution >= 0.6 is 10.5 Å². The highest BCUT2D eigenvalue weighted by Crippen LogP contribution is 2.49. The molecule has 0 radical (unpaired) electrons. The summed E-state index contributed by atoms with van der Waals surface area (Å²) in [4.78, 5) is 16.6. The molecule has 2 aromatic rings. The van der Waals surface area contributed by atoms with Crippen LogP contribution in [0, 0.1) is 5.82 Å². The summed E-state index contributed by atoms with van der Waals surface area (Å²) in [6.07, 6.45) is 3.88. The molecule has 7 nitrogen and oxygen atoms in total. The molecule has 0 aliphatic carbocycles. The third-order valence-corrected chi connectivity index (χ3v) is 7.71. The van der Waals surface area contributed by atoms with E-state index in [-0.39, 0.29) is 18.1 Å². The zero-order valence-electron chi connectivity index (χ0n) is 17.0. The maximum Gasteiger partial charge on any atom is 0.359 e. The fourth-order valence-corrected chi connectivity index (χ4v) is 5.54. The molecule has 3 rings (SSSR count). The van der Waals surface area contributed by atoms with Gasteiger partial charge in [0.25, 0.3) is 0 Å². The summed E-state index contributed by atoms with van der Waals surface area (Å²) >= 11 is 0. The number of nitrogens with one attached hydrogen (secondary N) is 1. The van der Waals surface area contributed by atoms with Crippen molar-refractivity contribution in [2.45, 2.75) is 26.2 Å². The first-order valence-electron chi connectivity index (χ1n) is 10.0. The normalized spacial score (nSPS) is 21.6. The van der Waals surface area contributed by atoms with Gasteiger partial charge in [-0.05, 0) is 55.5 Å². The van der Waals surface area contributed by atoms with E-state index >= 15 is 0 Å². The summed E-state index contributed by atoms with van der Waals surface area (Å²) in [6, 6.07) is 8.05. The molecule has 1 aliphatic heterocycles. The predicted molar refractivity (Wildman–Crippen MR) is 116 cm³/mol. The van der Waals surface area contributed by atoms with Crippen LogP contribution in [-0.2, 0) is 11.2 Å². The monoisotopic (exact) mass is 437 g/mol. The average molecular weight is 438 g/mol. The van der Waals surface area contributed by atoms with Gasteiger partial charge in [0.1, 0.15) is 5.82 Å². The van der Waals surface area contributed by atoms with Gasteiger partial charge in [0.2, 0.25) is 0 Å². The molecule has 0 bridgehead atoms. The Morgan fingerprint density at radius 3 is 2.77 bits per heavy atom. The Morgan fingerprint density at radius 1 is 1.30 bits per heavy atom. The summed E-state index contributed by atoms with van der Waals surface area (Å²) in [5.74, 6) is 0.117. The average Bonchev–Trinajstić information content (AvgIpc) is 2.72. The second-order valence-corrected chi connectivity index (χ2v) is 10.0. The van der Waals surface area contributed by atoms with Crippen LogP contribution in [0.3, 0.4) is 0 Å². The molecule has 0 amide bonds. The Bertz CT molecular complexity index is 868. The molecule has 1 aromatic heterocycles. The van der Waals surface area contributed by atoms with Crippen molar-refractivity contribution < 1.29 is 23.7 Å². The first-order valence-corrected chi connectivity index (χ1v) is 11.9. The van der Waals surface area contributed by atoms with Crippen LogP contribution < -0.4 is 5.32 Å². The number of aromatic nitrogens is 1. The number of nitrogens with zero attached hydrogens (tertiary/aromatic N) is 2. The number of benzene rings is 1. The van der Waals surface area contributed by atoms with E-state index in [2.05, 4.69) is 10.3 Å². The number of hydroxylamine groups is 1. The molecule has 30 heavy (non-hydrogen) atoms. The second-order valence-electron chi connectivity index (χ2n) is 7.18. The minimum atomic E-state index is -2.24. The van der Waals surface area contributed by atoms with Gasteiger partial charge in [-0.3, -0.25) is 0 Å². The number of anilines is 1. The van der Waals surface area contributed by atoms with E-state index in [1.807, 2.05) is 6.07 Å². The fraction of sp³-hybridized carbons (Fsp3) is 0.429. The van der Waals surface area contributed by atoms with Crippen LogP contribution in [0.2, 0.25) is 0 Å². The van der Waals surface area contributed by atoms with Gasteiger partial charge in [0, 0.05) is 30.8 Å². The van der Waals surface area contributed by atoms with Crippen molar-refractivity contribution >= 4 is 22.2 Å². The Balaban J connectivity index is 1.74. The molecule has 1 aliphatic rings. The largest absolute Gasteiger partial charge is 0.461 e. The Morgan fingerprint density at radius 2 is 2.07 bits per heavy atom. The van der Waals surface area contributed by atoms with E-state index in [0.29, 0.717) is 36.7 Å². The van der Waals surface area contributed by atoms with Crippen molar-refractivity contribution in [1.29, 1.82) is 0 Å². The maximum atomic E-state index is 13.1. The summed E-state index contributed by atoms with van der Waals surface area (Å²) in [5.41, 5.74) is 2.46. The van der Waals surface area contributed by atoms with Crippen LogP contribution in [-0.4, -0.2) is 56.4 Å². The Labute approximate surface area is 177 Å². The molecule has 1 aromatic carbocycles. The van der Waals surface area contributed by atoms with Crippen LogP contribution in [0.5, 0.6) is 0 Å². The molecule has 3 N–H and O–H groups in total. The first kappa shape index (κ1) is 22.5. The third-order valence-electron chi connectivity index (χ3n) is 4.94. The van der Waals surface area contributed by atoms with E-state index < -0.39 is 16.5 Å². The maximum absolute atomic E-state index is 13.1. The summed E-state index contributed by atoms with van der Waals surface area (Å²) < 4.78 is 30.1. The van der Waals surface area contributed by atoms with Gasteiger partial charge in [-0.15, -0.1) is 4.47 Å². The van der Waals surface area contributed by atoms with E-state index in [1.54, 1.807) is 25.3 Å². The van der Waals surface area contributed by atoms with E-state index in [4.69, 9.17) is 4.74 Å². The van der Waals surface area contributed by atoms with Crippen molar-refractivity contribution in [3.63, 3.8) is 0 Å². The van der Waals surface area contributed by atoms with Gasteiger partial charge in [0.05, 0.1) is 12.3 Å². The molecule has 1 saturated heterocycles. The number of hydrogen-bond donors (Lipinski definition) is 3. The number of ether oxygens (including phenoxy) is 1. The van der Waals surface area contributed by atoms with Crippen LogP contribution in [0.4, 0.5) is 10.1 Å². The highest BCUT2D eigenvalue weighted by molar-refractivity contribution is 8.27. The Hall–Kier alpha value is -2.20. The number of pyridine rings is 1. The van der Waals surface area contributed by atoms with E-state index in [0.717, 1.165) is 28.4 Å². The summed E-state index contributed by atoms with van der Waals surface area (Å²) in [5, 5.41) is 13.2. The highest BCUT2D eigenvalue weighted by Gasteiger charge is 2.30. The highest BCUT2D eigenvalue weighted by atomic mass is 32.3. The first-order chi connectivity index (χ1) is 14.4. The second kappa shape index (κ2) is 10.2. The van der Waals surface area contributed by atoms with E-state index in [1.165, 1.54) is 12.1 Å². The van der Waals surface area contributed by atoms with Gasteiger partial charge in [-0.25, -0.2) is 14.2 Å². The van der Waals surface area contributed by atoms with Gasteiger partial charge >= 0.3 is 5.97 Å². The predicted octanol–water partition coefficient (Wildman–Crippen LogP) is 4.08. The van der Waals surface area contributed by atoms with Crippen molar-refractivity contribution in [2.24, 2.45) is 0 Å². The topological polar surface area (TPSA) is 94.9 Å². The van der Waals surface area contributed by atoms with Gasteiger partial charge in [0.15, 0.2) is 5.69 Å². The molecule has 164 valence electrons.